The van der Waals surface area contributed by atoms with Gasteiger partial charge in [-0.15, -0.1) is 10.2 Å². The number of hydrogen-bond acceptors (Lipinski definition) is 3. The zero-order chi connectivity index (χ0) is 15.1. The van der Waals surface area contributed by atoms with Gasteiger partial charge in [-0.3, -0.25) is 13.8 Å². The Morgan fingerprint density at radius 2 is 2.00 bits per heavy atom. The molecule has 2 aromatic heterocycles. The molecule has 2 heterocycles. The third-order valence-electron chi connectivity index (χ3n) is 3.19. The van der Waals surface area contributed by atoms with Crippen LogP contribution < -0.4 is 5.56 Å². The van der Waals surface area contributed by atoms with E-state index in [9.17, 15) is 9.18 Å². The van der Waals surface area contributed by atoms with Crippen LogP contribution in [0.3, 0.4) is 0 Å². The van der Waals surface area contributed by atoms with E-state index in [-0.39, 0.29) is 22.1 Å². The maximum Gasteiger partial charge on any atom is 0.300 e. The minimum Gasteiger partial charge on any atom is -0.280 e. The lowest BCUT2D eigenvalue weighted by Crippen LogP contribution is -2.20. The summed E-state index contributed by atoms with van der Waals surface area (Å²) in [4.78, 5) is 12.5. The molecule has 0 saturated carbocycles. The molecule has 0 aliphatic carbocycles. The van der Waals surface area contributed by atoms with Gasteiger partial charge in [0.2, 0.25) is 5.65 Å². The first-order valence-electron chi connectivity index (χ1n) is 6.40. The van der Waals surface area contributed by atoms with Gasteiger partial charge < -0.3 is 0 Å². The van der Waals surface area contributed by atoms with E-state index in [1.165, 1.54) is 22.8 Å². The number of halogens is 2. The van der Waals surface area contributed by atoms with Crippen molar-refractivity contribution in [3.8, 4) is 5.69 Å². The quantitative estimate of drug-likeness (QED) is 0.731. The highest BCUT2D eigenvalue weighted by molar-refractivity contribution is 6.30. The summed E-state index contributed by atoms with van der Waals surface area (Å²) in [5.41, 5.74) is 0.365. The molecule has 0 fully saturated rings. The number of nitrogens with zero attached hydrogens (tertiary/aromatic N) is 4. The van der Waals surface area contributed by atoms with Crippen LogP contribution in [-0.4, -0.2) is 19.2 Å². The van der Waals surface area contributed by atoms with E-state index in [4.69, 9.17) is 11.6 Å². The number of benzene rings is 1. The van der Waals surface area contributed by atoms with Gasteiger partial charge in [-0.25, -0.2) is 4.39 Å². The average molecular weight is 307 g/mol. The van der Waals surface area contributed by atoms with Gasteiger partial charge in [0.05, 0.1) is 10.7 Å². The lowest BCUT2D eigenvalue weighted by atomic mass is 10.2. The lowest BCUT2D eigenvalue weighted by Gasteiger charge is -2.08. The summed E-state index contributed by atoms with van der Waals surface area (Å²) in [5.74, 6) is 0.334. The molecule has 0 aliphatic heterocycles. The monoisotopic (exact) mass is 306 g/mol. The average Bonchev–Trinajstić information content (AvgIpc) is 2.87. The minimum absolute atomic E-state index is 0.0383. The highest BCUT2D eigenvalue weighted by atomic mass is 35.5. The van der Waals surface area contributed by atoms with Gasteiger partial charge in [0, 0.05) is 18.3 Å². The predicted octanol–water partition coefficient (Wildman–Crippen LogP) is 2.80. The Morgan fingerprint density at radius 1 is 1.24 bits per heavy atom. The van der Waals surface area contributed by atoms with Gasteiger partial charge in [0.25, 0.3) is 0 Å². The Hall–Kier alpha value is -2.21. The van der Waals surface area contributed by atoms with Crippen LogP contribution in [0.25, 0.3) is 11.3 Å². The minimum atomic E-state index is -0.529. The number of fused-ring (bicyclic) bond motifs is 1. The van der Waals surface area contributed by atoms with Gasteiger partial charge in [0.15, 0.2) is 0 Å². The summed E-state index contributed by atoms with van der Waals surface area (Å²) in [7, 11) is 0. The van der Waals surface area contributed by atoms with Crippen molar-refractivity contribution in [1.82, 2.24) is 19.2 Å². The molecule has 0 N–H and O–H groups in total. The van der Waals surface area contributed by atoms with Crippen molar-refractivity contribution < 1.29 is 4.39 Å². The Morgan fingerprint density at radius 3 is 2.67 bits per heavy atom. The van der Waals surface area contributed by atoms with Crippen LogP contribution in [0.15, 0.2) is 35.4 Å². The zero-order valence-corrected chi connectivity index (χ0v) is 12.2. The molecule has 5 nitrogen and oxygen atoms in total. The van der Waals surface area contributed by atoms with Gasteiger partial charge in [-0.2, -0.15) is 0 Å². The Labute approximate surface area is 124 Å². The summed E-state index contributed by atoms with van der Waals surface area (Å²) < 4.78 is 16.2. The topological polar surface area (TPSA) is 52.2 Å². The van der Waals surface area contributed by atoms with Gasteiger partial charge >= 0.3 is 5.56 Å². The summed E-state index contributed by atoms with van der Waals surface area (Å²) in [5, 5.41) is 7.94. The second-order valence-corrected chi connectivity index (χ2v) is 5.39. The molecule has 21 heavy (non-hydrogen) atoms. The molecule has 0 radical (unpaired) electrons. The normalized spacial score (nSPS) is 11.5. The van der Waals surface area contributed by atoms with Crippen LogP contribution in [0.5, 0.6) is 0 Å². The first-order valence-corrected chi connectivity index (χ1v) is 6.78. The molecule has 108 valence electrons. The predicted molar refractivity (Wildman–Crippen MR) is 77.6 cm³/mol. The molecule has 0 aliphatic rings. The van der Waals surface area contributed by atoms with E-state index in [2.05, 4.69) is 10.2 Å². The summed E-state index contributed by atoms with van der Waals surface area (Å²) in [6, 6.07) is 4.10. The van der Waals surface area contributed by atoms with Crippen LogP contribution in [0.1, 0.15) is 25.6 Å². The molecule has 0 amide bonds. The van der Waals surface area contributed by atoms with E-state index in [0.717, 1.165) is 0 Å². The Bertz CT molecular complexity index is 884. The first kappa shape index (κ1) is 13.8. The number of hydrogen-bond donors (Lipinski definition) is 0. The van der Waals surface area contributed by atoms with Crippen molar-refractivity contribution in [3.63, 3.8) is 0 Å². The fourth-order valence-electron chi connectivity index (χ4n) is 2.14. The van der Waals surface area contributed by atoms with Crippen molar-refractivity contribution in [2.75, 3.05) is 0 Å². The van der Waals surface area contributed by atoms with Crippen LogP contribution in [0.4, 0.5) is 4.39 Å². The second kappa shape index (κ2) is 4.96. The molecule has 1 aromatic carbocycles. The highest BCUT2D eigenvalue weighted by Gasteiger charge is 2.14. The molecular weight excluding hydrogens is 295 g/mol. The molecule has 0 bridgehead atoms. The summed E-state index contributed by atoms with van der Waals surface area (Å²) >= 11 is 5.76. The second-order valence-electron chi connectivity index (χ2n) is 4.98. The molecule has 7 heteroatoms. The van der Waals surface area contributed by atoms with Crippen molar-refractivity contribution in [3.05, 3.63) is 57.6 Å². The molecule has 0 spiro atoms. The summed E-state index contributed by atoms with van der Waals surface area (Å²) in [6.45, 7) is 3.95. The largest absolute Gasteiger partial charge is 0.300 e. The molecule has 0 atom stereocenters. The molecule has 3 aromatic rings. The SMILES string of the molecule is CC(C)c1nnc2c(=O)n(-c3ccc(F)c(Cl)c3)ccn12. The van der Waals surface area contributed by atoms with Crippen LogP contribution in [-0.2, 0) is 0 Å². The zero-order valence-electron chi connectivity index (χ0n) is 11.4. The fourth-order valence-corrected chi connectivity index (χ4v) is 2.31. The highest BCUT2D eigenvalue weighted by Crippen LogP contribution is 2.18. The lowest BCUT2D eigenvalue weighted by molar-refractivity contribution is 0.627. The van der Waals surface area contributed by atoms with Crippen molar-refractivity contribution in [2.45, 2.75) is 19.8 Å². The first-order chi connectivity index (χ1) is 9.99. The Balaban J connectivity index is 2.23. The van der Waals surface area contributed by atoms with Crippen molar-refractivity contribution >= 4 is 17.2 Å². The van der Waals surface area contributed by atoms with Crippen molar-refractivity contribution in [1.29, 1.82) is 0 Å². The van der Waals surface area contributed by atoms with E-state index in [1.54, 1.807) is 16.8 Å². The van der Waals surface area contributed by atoms with Crippen molar-refractivity contribution in [2.24, 2.45) is 0 Å². The molecule has 3 rings (SSSR count). The molecular formula is C14H12ClFN4O. The van der Waals surface area contributed by atoms with Gasteiger partial charge in [0.1, 0.15) is 11.6 Å². The van der Waals surface area contributed by atoms with Crippen LogP contribution in [0.2, 0.25) is 5.02 Å². The van der Waals surface area contributed by atoms with Gasteiger partial charge in [-0.1, -0.05) is 25.4 Å². The maximum atomic E-state index is 13.2. The van der Waals surface area contributed by atoms with E-state index < -0.39 is 5.82 Å². The number of aromatic nitrogens is 4. The third kappa shape index (κ3) is 2.21. The number of rotatable bonds is 2. The summed E-state index contributed by atoms with van der Waals surface area (Å²) in [6.07, 6.45) is 3.30. The molecule has 0 saturated heterocycles. The van der Waals surface area contributed by atoms with Crippen LogP contribution >= 0.6 is 11.6 Å². The fraction of sp³-hybridized carbons (Fsp3) is 0.214. The smallest absolute Gasteiger partial charge is 0.280 e. The van der Waals surface area contributed by atoms with E-state index in [0.29, 0.717) is 11.5 Å². The van der Waals surface area contributed by atoms with E-state index in [1.807, 2.05) is 13.8 Å². The third-order valence-corrected chi connectivity index (χ3v) is 3.48. The van der Waals surface area contributed by atoms with Crippen LogP contribution in [0, 0.1) is 5.82 Å². The molecule has 0 unspecified atom stereocenters. The van der Waals surface area contributed by atoms with E-state index >= 15 is 0 Å². The maximum absolute atomic E-state index is 13.2. The Kier molecular flexibility index (Phi) is 3.25. The van der Waals surface area contributed by atoms with Gasteiger partial charge in [-0.05, 0) is 18.2 Å². The standard InChI is InChI=1S/C14H12ClFN4O/c1-8(2)12-17-18-13-14(21)19(5-6-20(12)13)9-3-4-11(16)10(15)7-9/h3-8H,1-2H3.